The van der Waals surface area contributed by atoms with Crippen LogP contribution in [0.5, 0.6) is 0 Å². The quantitative estimate of drug-likeness (QED) is 0.632. The molecule has 0 fully saturated rings. The molecule has 1 heterocycles. The molecule has 1 atom stereocenters. The van der Waals surface area contributed by atoms with Crippen molar-refractivity contribution in [2.45, 2.75) is 13.0 Å². The van der Waals surface area contributed by atoms with Crippen LogP contribution < -0.4 is 16.4 Å². The first kappa shape index (κ1) is 16.1. The maximum Gasteiger partial charge on any atom is 0.159 e. The average molecular weight is 340 g/mol. The summed E-state index contributed by atoms with van der Waals surface area (Å²) < 4.78 is 0. The van der Waals surface area contributed by atoms with E-state index in [2.05, 4.69) is 39.7 Å². The van der Waals surface area contributed by atoms with E-state index in [4.69, 9.17) is 17.3 Å². The van der Waals surface area contributed by atoms with Crippen LogP contribution in [0.2, 0.25) is 5.02 Å². The largest absolute Gasteiger partial charge is 0.393 e. The molecule has 4 N–H and O–H groups in total. The summed E-state index contributed by atoms with van der Waals surface area (Å²) in [5.41, 5.74) is 8.64. The highest BCUT2D eigenvalue weighted by atomic mass is 35.5. The van der Waals surface area contributed by atoms with Gasteiger partial charge in [-0.3, -0.25) is 0 Å². The number of halogens is 1. The number of rotatable bonds is 5. The molecule has 3 rings (SSSR count). The topological polar surface area (TPSA) is 75.9 Å². The number of anilines is 4. The summed E-state index contributed by atoms with van der Waals surface area (Å²) in [6.07, 6.45) is 1.48. The normalized spacial score (nSPS) is 11.8. The Balaban J connectivity index is 1.80. The number of nitrogen functional groups attached to an aromatic ring is 1. The molecule has 1 aromatic heterocycles. The van der Waals surface area contributed by atoms with Gasteiger partial charge in [0.25, 0.3) is 0 Å². The molecule has 24 heavy (non-hydrogen) atoms. The summed E-state index contributed by atoms with van der Waals surface area (Å²) in [5, 5.41) is 7.13. The Bertz CT molecular complexity index is 823. The number of benzene rings is 2. The number of nitrogens with zero attached hydrogens (tertiary/aromatic N) is 2. The molecule has 0 spiro atoms. The zero-order chi connectivity index (χ0) is 16.9. The molecule has 122 valence electrons. The van der Waals surface area contributed by atoms with Crippen LogP contribution in [-0.2, 0) is 0 Å². The first-order valence-corrected chi connectivity index (χ1v) is 7.96. The lowest BCUT2D eigenvalue weighted by Gasteiger charge is -2.17. The van der Waals surface area contributed by atoms with Crippen LogP contribution in [0.25, 0.3) is 0 Å². The van der Waals surface area contributed by atoms with Crippen molar-refractivity contribution in [2.24, 2.45) is 0 Å². The summed E-state index contributed by atoms with van der Waals surface area (Å²) in [5.74, 6) is 1.13. The molecule has 0 radical (unpaired) electrons. The number of aromatic nitrogens is 2. The van der Waals surface area contributed by atoms with E-state index >= 15 is 0 Å². The molecule has 2 aromatic carbocycles. The SMILES string of the molecule is CC(Nc1ncnc(Nc2cccc(Cl)c2)c1N)c1ccccc1. The Labute approximate surface area is 145 Å². The van der Waals surface area contributed by atoms with Crippen molar-refractivity contribution in [1.82, 2.24) is 9.97 Å². The van der Waals surface area contributed by atoms with Crippen molar-refractivity contribution >= 4 is 34.6 Å². The summed E-state index contributed by atoms with van der Waals surface area (Å²) >= 11 is 6.00. The monoisotopic (exact) mass is 339 g/mol. The smallest absolute Gasteiger partial charge is 0.159 e. The molecule has 3 aromatic rings. The van der Waals surface area contributed by atoms with Gasteiger partial charge in [0.15, 0.2) is 11.6 Å². The molecule has 5 nitrogen and oxygen atoms in total. The van der Waals surface area contributed by atoms with Gasteiger partial charge in [0.05, 0.1) is 6.04 Å². The molecule has 1 unspecified atom stereocenters. The molecule has 0 saturated carbocycles. The van der Waals surface area contributed by atoms with Gasteiger partial charge in [-0.2, -0.15) is 0 Å². The number of hydrogen-bond donors (Lipinski definition) is 3. The highest BCUT2D eigenvalue weighted by molar-refractivity contribution is 6.30. The predicted molar refractivity (Wildman–Crippen MR) is 99.7 cm³/mol. The van der Waals surface area contributed by atoms with E-state index in [1.165, 1.54) is 6.33 Å². The highest BCUT2D eigenvalue weighted by Gasteiger charge is 2.12. The zero-order valence-corrected chi connectivity index (χ0v) is 14.0. The summed E-state index contributed by atoms with van der Waals surface area (Å²) in [6, 6.07) is 17.6. The van der Waals surface area contributed by atoms with Crippen LogP contribution in [0.15, 0.2) is 60.9 Å². The van der Waals surface area contributed by atoms with E-state index in [1.54, 1.807) is 0 Å². The second kappa shape index (κ2) is 7.19. The molecule has 0 amide bonds. The number of nitrogens with one attached hydrogen (secondary N) is 2. The van der Waals surface area contributed by atoms with E-state index in [9.17, 15) is 0 Å². The standard InChI is InChI=1S/C18H18ClN5/c1-12(13-6-3-2-4-7-13)23-17-16(20)18(22-11-21-17)24-15-9-5-8-14(19)10-15/h2-12H,20H2,1H3,(H2,21,22,23,24). The van der Waals surface area contributed by atoms with Crippen LogP contribution >= 0.6 is 11.6 Å². The third kappa shape index (κ3) is 3.75. The fourth-order valence-electron chi connectivity index (χ4n) is 2.34. The van der Waals surface area contributed by atoms with E-state index in [0.717, 1.165) is 11.3 Å². The van der Waals surface area contributed by atoms with E-state index in [-0.39, 0.29) is 6.04 Å². The molecule has 0 aliphatic heterocycles. The van der Waals surface area contributed by atoms with Crippen molar-refractivity contribution in [3.8, 4) is 0 Å². The van der Waals surface area contributed by atoms with Crippen molar-refractivity contribution in [2.75, 3.05) is 16.4 Å². The summed E-state index contributed by atoms with van der Waals surface area (Å²) in [4.78, 5) is 8.46. The lowest BCUT2D eigenvalue weighted by molar-refractivity contribution is 0.873. The van der Waals surface area contributed by atoms with Crippen molar-refractivity contribution in [3.05, 3.63) is 71.5 Å². The molecule has 0 saturated heterocycles. The van der Waals surface area contributed by atoms with E-state index < -0.39 is 0 Å². The van der Waals surface area contributed by atoms with E-state index in [0.29, 0.717) is 22.3 Å². The first-order valence-electron chi connectivity index (χ1n) is 7.58. The molecule has 6 heteroatoms. The van der Waals surface area contributed by atoms with Gasteiger partial charge in [-0.05, 0) is 30.7 Å². The van der Waals surface area contributed by atoms with Crippen LogP contribution in [-0.4, -0.2) is 9.97 Å². The number of nitrogens with two attached hydrogens (primary N) is 1. The highest BCUT2D eigenvalue weighted by Crippen LogP contribution is 2.29. The minimum Gasteiger partial charge on any atom is -0.393 e. The van der Waals surface area contributed by atoms with Crippen LogP contribution in [0.1, 0.15) is 18.5 Å². The molecule has 0 aliphatic carbocycles. The molecule has 0 bridgehead atoms. The lowest BCUT2D eigenvalue weighted by Crippen LogP contribution is -2.11. The molecular formula is C18H18ClN5. The average Bonchev–Trinajstić information content (AvgIpc) is 2.59. The van der Waals surface area contributed by atoms with Crippen molar-refractivity contribution in [1.29, 1.82) is 0 Å². The van der Waals surface area contributed by atoms with Crippen LogP contribution in [0.4, 0.5) is 23.0 Å². The lowest BCUT2D eigenvalue weighted by atomic mass is 10.1. The van der Waals surface area contributed by atoms with Crippen LogP contribution in [0.3, 0.4) is 0 Å². The maximum absolute atomic E-state index is 6.21. The van der Waals surface area contributed by atoms with Gasteiger partial charge in [0.1, 0.15) is 12.0 Å². The third-order valence-electron chi connectivity index (χ3n) is 3.62. The second-order valence-electron chi connectivity index (χ2n) is 5.40. The maximum atomic E-state index is 6.21. The van der Waals surface area contributed by atoms with E-state index in [1.807, 2.05) is 42.5 Å². The van der Waals surface area contributed by atoms with Gasteiger partial charge >= 0.3 is 0 Å². The second-order valence-corrected chi connectivity index (χ2v) is 5.83. The van der Waals surface area contributed by atoms with Gasteiger partial charge in [0.2, 0.25) is 0 Å². The zero-order valence-electron chi connectivity index (χ0n) is 13.2. The Morgan fingerprint density at radius 1 is 1.00 bits per heavy atom. The van der Waals surface area contributed by atoms with Crippen LogP contribution in [0, 0.1) is 0 Å². The van der Waals surface area contributed by atoms with Gasteiger partial charge in [0, 0.05) is 10.7 Å². The van der Waals surface area contributed by atoms with Crippen molar-refractivity contribution < 1.29 is 0 Å². The fraction of sp³-hybridized carbons (Fsp3) is 0.111. The Morgan fingerprint density at radius 2 is 1.75 bits per heavy atom. The molecule has 0 aliphatic rings. The first-order chi connectivity index (χ1) is 11.6. The summed E-state index contributed by atoms with van der Waals surface area (Å²) in [7, 11) is 0. The predicted octanol–water partition coefficient (Wildman–Crippen LogP) is 4.63. The number of hydrogen-bond acceptors (Lipinski definition) is 5. The minimum atomic E-state index is 0.0717. The van der Waals surface area contributed by atoms with Gasteiger partial charge in [-0.1, -0.05) is 48.0 Å². The van der Waals surface area contributed by atoms with Gasteiger partial charge < -0.3 is 16.4 Å². The third-order valence-corrected chi connectivity index (χ3v) is 3.86. The van der Waals surface area contributed by atoms with Gasteiger partial charge in [-0.25, -0.2) is 9.97 Å². The van der Waals surface area contributed by atoms with Gasteiger partial charge in [-0.15, -0.1) is 0 Å². The Kier molecular flexibility index (Phi) is 4.82. The summed E-state index contributed by atoms with van der Waals surface area (Å²) in [6.45, 7) is 2.06. The molecular weight excluding hydrogens is 322 g/mol. The Hall–Kier alpha value is -2.79. The fourth-order valence-corrected chi connectivity index (χ4v) is 2.53. The minimum absolute atomic E-state index is 0.0717. The Morgan fingerprint density at radius 3 is 2.50 bits per heavy atom. The van der Waals surface area contributed by atoms with Crippen molar-refractivity contribution in [3.63, 3.8) is 0 Å².